The third-order valence-electron chi connectivity index (χ3n) is 4.97. The number of nitrogens with zero attached hydrogens (tertiary/aromatic N) is 4. The van der Waals surface area contributed by atoms with E-state index in [9.17, 15) is 10.1 Å². The topological polar surface area (TPSA) is 82.7 Å². The zero-order valence-electron chi connectivity index (χ0n) is 15.2. The van der Waals surface area contributed by atoms with Crippen molar-refractivity contribution in [1.82, 2.24) is 14.7 Å². The van der Waals surface area contributed by atoms with E-state index in [1.54, 1.807) is 32.5 Å². The molecule has 0 spiro atoms. The maximum Gasteiger partial charge on any atom is 0.270 e. The van der Waals surface area contributed by atoms with Crippen LogP contribution in [0.1, 0.15) is 11.1 Å². The normalized spacial score (nSPS) is 14.1. The minimum Gasteiger partial charge on any atom is -0.493 e. The maximum absolute atomic E-state index is 10.9. The zero-order valence-corrected chi connectivity index (χ0v) is 15.2. The van der Waals surface area contributed by atoms with Gasteiger partial charge >= 0.3 is 0 Å². The monoisotopic (exact) mass is 368 g/mol. The summed E-state index contributed by atoms with van der Waals surface area (Å²) in [5.41, 5.74) is 3.45. The highest BCUT2D eigenvalue weighted by atomic mass is 16.6. The molecule has 8 heteroatoms. The highest BCUT2D eigenvalue weighted by Crippen LogP contribution is 2.33. The molecule has 4 rings (SSSR count). The first-order chi connectivity index (χ1) is 13.1. The SMILES string of the molecule is COc1cc2c(cc1OC)CN(Cn1ncc3cc([N+](=O)[O-])ccc31)CC2. The molecule has 0 unspecified atom stereocenters. The van der Waals surface area contributed by atoms with E-state index in [0.29, 0.717) is 6.67 Å². The number of aromatic nitrogens is 2. The van der Waals surface area contributed by atoms with Crippen LogP contribution in [0.4, 0.5) is 5.69 Å². The fraction of sp³-hybridized carbons (Fsp3) is 0.316. The lowest BCUT2D eigenvalue weighted by atomic mass is 9.99. The van der Waals surface area contributed by atoms with Gasteiger partial charge in [0.1, 0.15) is 0 Å². The number of ether oxygens (including phenoxy) is 2. The molecule has 0 saturated carbocycles. The van der Waals surface area contributed by atoms with Crippen molar-refractivity contribution in [3.8, 4) is 11.5 Å². The fourth-order valence-corrected chi connectivity index (χ4v) is 3.55. The van der Waals surface area contributed by atoms with Crippen LogP contribution in [0.2, 0.25) is 0 Å². The van der Waals surface area contributed by atoms with Gasteiger partial charge in [0.2, 0.25) is 0 Å². The highest BCUT2D eigenvalue weighted by Gasteiger charge is 2.20. The molecule has 0 amide bonds. The van der Waals surface area contributed by atoms with Crippen LogP contribution >= 0.6 is 0 Å². The first-order valence-electron chi connectivity index (χ1n) is 8.65. The lowest BCUT2D eigenvalue weighted by Crippen LogP contribution is -2.32. The van der Waals surface area contributed by atoms with Crippen LogP contribution in [0, 0.1) is 10.1 Å². The summed E-state index contributed by atoms with van der Waals surface area (Å²) in [6.45, 7) is 2.30. The number of benzene rings is 2. The lowest BCUT2D eigenvalue weighted by molar-refractivity contribution is -0.384. The maximum atomic E-state index is 10.9. The molecular formula is C19H20N4O4. The average molecular weight is 368 g/mol. The molecule has 0 radical (unpaired) electrons. The number of fused-ring (bicyclic) bond motifs is 2. The molecule has 8 nitrogen and oxygen atoms in total. The molecule has 1 aliphatic heterocycles. The lowest BCUT2D eigenvalue weighted by Gasteiger charge is -2.29. The number of hydrogen-bond acceptors (Lipinski definition) is 6. The molecule has 0 aliphatic carbocycles. The number of hydrogen-bond donors (Lipinski definition) is 0. The summed E-state index contributed by atoms with van der Waals surface area (Å²) in [6.07, 6.45) is 2.59. The van der Waals surface area contributed by atoms with E-state index >= 15 is 0 Å². The fourth-order valence-electron chi connectivity index (χ4n) is 3.55. The molecule has 140 valence electrons. The van der Waals surface area contributed by atoms with Crippen molar-refractivity contribution in [1.29, 1.82) is 0 Å². The van der Waals surface area contributed by atoms with Crippen LogP contribution in [-0.2, 0) is 19.6 Å². The Bertz CT molecular complexity index is 1010. The van der Waals surface area contributed by atoms with Crippen molar-refractivity contribution < 1.29 is 14.4 Å². The van der Waals surface area contributed by atoms with Gasteiger partial charge in [0.05, 0.1) is 37.5 Å². The Morgan fingerprint density at radius 2 is 1.89 bits per heavy atom. The predicted molar refractivity (Wildman–Crippen MR) is 100 cm³/mol. The van der Waals surface area contributed by atoms with E-state index < -0.39 is 0 Å². The Kier molecular flexibility index (Phi) is 4.41. The summed E-state index contributed by atoms with van der Waals surface area (Å²) in [5, 5.41) is 16.1. The molecule has 0 fully saturated rings. The predicted octanol–water partition coefficient (Wildman–Crippen LogP) is 2.98. The smallest absolute Gasteiger partial charge is 0.270 e. The second-order valence-electron chi connectivity index (χ2n) is 6.56. The third kappa shape index (κ3) is 3.19. The van der Waals surface area contributed by atoms with Crippen molar-refractivity contribution in [2.24, 2.45) is 0 Å². The minimum atomic E-state index is -0.389. The van der Waals surface area contributed by atoms with Gasteiger partial charge in [-0.15, -0.1) is 0 Å². The van der Waals surface area contributed by atoms with Gasteiger partial charge in [-0.05, 0) is 35.7 Å². The molecule has 0 atom stereocenters. The van der Waals surface area contributed by atoms with E-state index in [-0.39, 0.29) is 10.6 Å². The van der Waals surface area contributed by atoms with Gasteiger partial charge in [-0.1, -0.05) is 0 Å². The van der Waals surface area contributed by atoms with Crippen molar-refractivity contribution in [2.45, 2.75) is 19.6 Å². The second kappa shape index (κ2) is 6.88. The van der Waals surface area contributed by atoms with Crippen molar-refractivity contribution in [3.05, 3.63) is 57.8 Å². The second-order valence-corrected chi connectivity index (χ2v) is 6.56. The number of nitro benzene ring substituents is 1. The first kappa shape index (κ1) is 17.3. The van der Waals surface area contributed by atoms with Crippen LogP contribution in [-0.4, -0.2) is 40.4 Å². The van der Waals surface area contributed by atoms with Crippen molar-refractivity contribution in [2.75, 3.05) is 20.8 Å². The van der Waals surface area contributed by atoms with Crippen LogP contribution in [0.15, 0.2) is 36.5 Å². The molecule has 0 saturated heterocycles. The van der Waals surface area contributed by atoms with Gasteiger partial charge in [0.25, 0.3) is 5.69 Å². The van der Waals surface area contributed by atoms with E-state index in [0.717, 1.165) is 41.9 Å². The van der Waals surface area contributed by atoms with E-state index in [1.807, 2.05) is 16.8 Å². The molecule has 27 heavy (non-hydrogen) atoms. The van der Waals surface area contributed by atoms with Crippen LogP contribution in [0.3, 0.4) is 0 Å². The summed E-state index contributed by atoms with van der Waals surface area (Å²) in [6, 6.07) is 8.91. The quantitative estimate of drug-likeness (QED) is 0.509. The average Bonchev–Trinajstić information content (AvgIpc) is 3.08. The zero-order chi connectivity index (χ0) is 19.0. The first-order valence-corrected chi connectivity index (χ1v) is 8.65. The van der Waals surface area contributed by atoms with Gasteiger partial charge in [-0.3, -0.25) is 19.7 Å². The molecule has 2 aromatic carbocycles. The molecule has 0 bridgehead atoms. The van der Waals surface area contributed by atoms with E-state index in [1.165, 1.54) is 17.2 Å². The molecule has 1 aromatic heterocycles. The molecule has 2 heterocycles. The third-order valence-corrected chi connectivity index (χ3v) is 4.97. The van der Waals surface area contributed by atoms with Crippen molar-refractivity contribution in [3.63, 3.8) is 0 Å². The Hall–Kier alpha value is -3.13. The summed E-state index contributed by atoms with van der Waals surface area (Å²) in [4.78, 5) is 12.8. The molecule has 1 aliphatic rings. The highest BCUT2D eigenvalue weighted by molar-refractivity contribution is 5.81. The van der Waals surface area contributed by atoms with Gasteiger partial charge in [-0.25, -0.2) is 0 Å². The van der Waals surface area contributed by atoms with Crippen LogP contribution in [0.25, 0.3) is 10.9 Å². The van der Waals surface area contributed by atoms with E-state index in [2.05, 4.69) is 10.00 Å². The summed E-state index contributed by atoms with van der Waals surface area (Å²) in [7, 11) is 3.28. The van der Waals surface area contributed by atoms with Gasteiger partial charge < -0.3 is 9.47 Å². The summed E-state index contributed by atoms with van der Waals surface area (Å²) < 4.78 is 12.7. The van der Waals surface area contributed by atoms with E-state index in [4.69, 9.17) is 9.47 Å². The molecule has 3 aromatic rings. The standard InChI is InChI=1S/C19H20N4O4/c1-26-18-8-13-5-6-21(11-15(13)9-19(18)27-2)12-22-17-4-3-16(23(24)25)7-14(17)10-20-22/h3-4,7-10H,5-6,11-12H2,1-2H3. The molecular weight excluding hydrogens is 348 g/mol. The van der Waals surface area contributed by atoms with Gasteiger partial charge in [-0.2, -0.15) is 5.10 Å². The Morgan fingerprint density at radius 3 is 2.59 bits per heavy atom. The molecule has 0 N–H and O–H groups in total. The Balaban J connectivity index is 1.56. The largest absolute Gasteiger partial charge is 0.493 e. The number of non-ortho nitro benzene ring substituents is 1. The Morgan fingerprint density at radius 1 is 1.15 bits per heavy atom. The van der Waals surface area contributed by atoms with Crippen LogP contribution < -0.4 is 9.47 Å². The van der Waals surface area contributed by atoms with Gasteiger partial charge in [0, 0.05) is 30.6 Å². The van der Waals surface area contributed by atoms with Gasteiger partial charge in [0.15, 0.2) is 11.5 Å². The van der Waals surface area contributed by atoms with Crippen molar-refractivity contribution >= 4 is 16.6 Å². The number of methoxy groups -OCH3 is 2. The minimum absolute atomic E-state index is 0.0787. The Labute approximate surface area is 156 Å². The summed E-state index contributed by atoms with van der Waals surface area (Å²) >= 11 is 0. The number of nitro groups is 1. The van der Waals surface area contributed by atoms with Crippen LogP contribution in [0.5, 0.6) is 11.5 Å². The summed E-state index contributed by atoms with van der Waals surface area (Å²) in [5.74, 6) is 1.49. The number of rotatable bonds is 5.